The van der Waals surface area contributed by atoms with Crippen LogP contribution in [0.5, 0.6) is 0 Å². The number of ether oxygens (including phenoxy) is 1. The van der Waals surface area contributed by atoms with E-state index < -0.39 is 17.9 Å². The molecule has 0 radical (unpaired) electrons. The molecular weight excluding hydrogens is 310 g/mol. The SMILES string of the molecule is COCC(NC(=O)c1ccc(-c2cccc(C(C)C)c2)o1)C(=O)O. The lowest BCUT2D eigenvalue weighted by molar-refractivity contribution is -0.140. The fourth-order valence-electron chi connectivity index (χ4n) is 2.24. The summed E-state index contributed by atoms with van der Waals surface area (Å²) in [6, 6.07) is 9.98. The largest absolute Gasteiger partial charge is 0.480 e. The van der Waals surface area contributed by atoms with Crippen molar-refractivity contribution in [2.24, 2.45) is 0 Å². The maximum absolute atomic E-state index is 12.1. The molecule has 1 aromatic carbocycles. The molecule has 0 saturated heterocycles. The summed E-state index contributed by atoms with van der Waals surface area (Å²) < 4.78 is 10.4. The van der Waals surface area contributed by atoms with Gasteiger partial charge >= 0.3 is 5.97 Å². The lowest BCUT2D eigenvalue weighted by Gasteiger charge is -2.12. The Balaban J connectivity index is 2.16. The number of hydrogen-bond acceptors (Lipinski definition) is 4. The van der Waals surface area contributed by atoms with E-state index in [1.54, 1.807) is 6.07 Å². The van der Waals surface area contributed by atoms with Crippen molar-refractivity contribution >= 4 is 11.9 Å². The number of carbonyl (C=O) groups is 2. The molecule has 0 spiro atoms. The van der Waals surface area contributed by atoms with E-state index in [0.29, 0.717) is 11.7 Å². The van der Waals surface area contributed by atoms with Crippen LogP contribution in [0.15, 0.2) is 40.8 Å². The summed E-state index contributed by atoms with van der Waals surface area (Å²) in [5.41, 5.74) is 2.04. The summed E-state index contributed by atoms with van der Waals surface area (Å²) in [6.45, 7) is 4.08. The van der Waals surface area contributed by atoms with E-state index in [1.165, 1.54) is 18.7 Å². The lowest BCUT2D eigenvalue weighted by Crippen LogP contribution is -2.43. The van der Waals surface area contributed by atoms with E-state index in [0.717, 1.165) is 5.56 Å². The number of methoxy groups -OCH3 is 1. The molecule has 0 aliphatic heterocycles. The van der Waals surface area contributed by atoms with E-state index in [4.69, 9.17) is 14.3 Å². The number of carboxylic acids is 1. The van der Waals surface area contributed by atoms with E-state index in [-0.39, 0.29) is 12.4 Å². The molecule has 1 heterocycles. The van der Waals surface area contributed by atoms with Gasteiger partial charge in [0, 0.05) is 12.7 Å². The molecule has 1 aromatic heterocycles. The third-order valence-corrected chi connectivity index (χ3v) is 3.60. The predicted octanol–water partition coefficient (Wildman–Crippen LogP) is 2.90. The second kappa shape index (κ2) is 7.79. The van der Waals surface area contributed by atoms with Gasteiger partial charge in [-0.1, -0.05) is 32.0 Å². The second-order valence-electron chi connectivity index (χ2n) is 5.76. The van der Waals surface area contributed by atoms with Crippen LogP contribution in [-0.2, 0) is 9.53 Å². The van der Waals surface area contributed by atoms with Crippen molar-refractivity contribution < 1.29 is 23.8 Å². The van der Waals surface area contributed by atoms with Gasteiger partial charge in [-0.3, -0.25) is 4.79 Å². The molecule has 6 nitrogen and oxygen atoms in total. The second-order valence-corrected chi connectivity index (χ2v) is 5.76. The van der Waals surface area contributed by atoms with Crippen LogP contribution in [0.1, 0.15) is 35.9 Å². The standard InChI is InChI=1S/C18H21NO5/c1-11(2)12-5-4-6-13(9-12)15-7-8-16(24-15)17(20)19-14(10-23-3)18(21)22/h4-9,11,14H,10H2,1-3H3,(H,19,20)(H,21,22). The third-order valence-electron chi connectivity index (χ3n) is 3.60. The van der Waals surface area contributed by atoms with Crippen LogP contribution >= 0.6 is 0 Å². The molecule has 2 N–H and O–H groups in total. The first-order valence-electron chi connectivity index (χ1n) is 7.65. The minimum atomic E-state index is -1.17. The molecule has 0 fully saturated rings. The van der Waals surface area contributed by atoms with Gasteiger partial charge in [-0.25, -0.2) is 4.79 Å². The fraction of sp³-hybridized carbons (Fsp3) is 0.333. The lowest BCUT2D eigenvalue weighted by atomic mass is 10.0. The van der Waals surface area contributed by atoms with Crippen LogP contribution in [0.4, 0.5) is 0 Å². The average molecular weight is 331 g/mol. The summed E-state index contributed by atoms with van der Waals surface area (Å²) in [5.74, 6) is -0.760. The first kappa shape index (κ1) is 17.7. The van der Waals surface area contributed by atoms with Crippen molar-refractivity contribution in [2.75, 3.05) is 13.7 Å². The van der Waals surface area contributed by atoms with E-state index in [1.807, 2.05) is 24.3 Å². The zero-order valence-electron chi connectivity index (χ0n) is 13.9. The number of hydrogen-bond donors (Lipinski definition) is 2. The number of benzene rings is 1. The average Bonchev–Trinajstić information content (AvgIpc) is 3.04. The highest BCUT2D eigenvalue weighted by Gasteiger charge is 2.22. The van der Waals surface area contributed by atoms with Crippen molar-refractivity contribution in [1.82, 2.24) is 5.32 Å². The molecule has 6 heteroatoms. The molecule has 1 atom stereocenters. The van der Waals surface area contributed by atoms with Crippen molar-refractivity contribution in [1.29, 1.82) is 0 Å². The number of aliphatic carboxylic acids is 1. The van der Waals surface area contributed by atoms with E-state index in [2.05, 4.69) is 19.2 Å². The Hall–Kier alpha value is -2.60. The third kappa shape index (κ3) is 4.23. The van der Waals surface area contributed by atoms with Gasteiger partial charge in [-0.05, 0) is 29.7 Å². The Bertz CT molecular complexity index is 720. The molecule has 0 aliphatic rings. The zero-order chi connectivity index (χ0) is 17.7. The van der Waals surface area contributed by atoms with Crippen molar-refractivity contribution in [3.8, 4) is 11.3 Å². The van der Waals surface area contributed by atoms with Crippen LogP contribution in [0.3, 0.4) is 0 Å². The predicted molar refractivity (Wildman–Crippen MR) is 89.0 cm³/mol. The molecular formula is C18H21NO5. The topological polar surface area (TPSA) is 88.8 Å². The van der Waals surface area contributed by atoms with Crippen LogP contribution in [0.2, 0.25) is 0 Å². The summed E-state index contributed by atoms with van der Waals surface area (Å²) in [7, 11) is 1.37. The van der Waals surface area contributed by atoms with Crippen LogP contribution in [-0.4, -0.2) is 36.7 Å². The van der Waals surface area contributed by atoms with Gasteiger partial charge in [0.25, 0.3) is 5.91 Å². The summed E-state index contributed by atoms with van der Waals surface area (Å²) >= 11 is 0. The normalized spacial score (nSPS) is 12.2. The summed E-state index contributed by atoms with van der Waals surface area (Å²) in [4.78, 5) is 23.2. The first-order valence-corrected chi connectivity index (χ1v) is 7.65. The molecule has 1 amide bonds. The van der Waals surface area contributed by atoms with E-state index >= 15 is 0 Å². The number of amides is 1. The van der Waals surface area contributed by atoms with Crippen LogP contribution in [0.25, 0.3) is 11.3 Å². The number of carboxylic acid groups (broad SMARTS) is 1. The smallest absolute Gasteiger partial charge is 0.328 e. The molecule has 2 rings (SSSR count). The zero-order valence-corrected chi connectivity index (χ0v) is 13.9. The minimum absolute atomic E-state index is 0.0577. The highest BCUT2D eigenvalue weighted by molar-refractivity contribution is 5.94. The quantitative estimate of drug-likeness (QED) is 0.814. The molecule has 0 bridgehead atoms. The summed E-state index contributed by atoms with van der Waals surface area (Å²) in [6.07, 6.45) is 0. The molecule has 1 unspecified atom stereocenters. The van der Waals surface area contributed by atoms with Gasteiger partial charge in [0.1, 0.15) is 5.76 Å². The molecule has 128 valence electrons. The highest BCUT2D eigenvalue weighted by atomic mass is 16.5. The van der Waals surface area contributed by atoms with Crippen molar-refractivity contribution in [3.63, 3.8) is 0 Å². The first-order chi connectivity index (χ1) is 11.4. The van der Waals surface area contributed by atoms with E-state index in [9.17, 15) is 9.59 Å². The van der Waals surface area contributed by atoms with Gasteiger partial charge in [-0.2, -0.15) is 0 Å². The molecule has 0 aliphatic carbocycles. The van der Waals surface area contributed by atoms with Crippen molar-refractivity contribution in [3.05, 3.63) is 47.7 Å². The Labute approximate surface area is 140 Å². The van der Waals surface area contributed by atoms with Crippen molar-refractivity contribution in [2.45, 2.75) is 25.8 Å². The molecule has 24 heavy (non-hydrogen) atoms. The maximum Gasteiger partial charge on any atom is 0.328 e. The van der Waals surface area contributed by atoms with Gasteiger partial charge in [0.05, 0.1) is 6.61 Å². The van der Waals surface area contributed by atoms with Gasteiger partial charge in [0.2, 0.25) is 0 Å². The highest BCUT2D eigenvalue weighted by Crippen LogP contribution is 2.25. The van der Waals surface area contributed by atoms with Crippen LogP contribution < -0.4 is 5.32 Å². The number of nitrogens with one attached hydrogen (secondary N) is 1. The van der Waals surface area contributed by atoms with Crippen LogP contribution in [0, 0.1) is 0 Å². The Morgan fingerprint density at radius 1 is 1.25 bits per heavy atom. The summed E-state index contributed by atoms with van der Waals surface area (Å²) in [5, 5.41) is 11.4. The monoisotopic (exact) mass is 331 g/mol. The van der Waals surface area contributed by atoms with Gasteiger partial charge in [0.15, 0.2) is 11.8 Å². The Morgan fingerprint density at radius 3 is 2.62 bits per heavy atom. The Morgan fingerprint density at radius 2 is 2.00 bits per heavy atom. The minimum Gasteiger partial charge on any atom is -0.480 e. The number of furan rings is 1. The molecule has 2 aromatic rings. The fourth-order valence-corrected chi connectivity index (χ4v) is 2.24. The number of rotatable bonds is 7. The number of carbonyl (C=O) groups excluding carboxylic acids is 1. The van der Waals surface area contributed by atoms with Gasteiger partial charge < -0.3 is 19.6 Å². The van der Waals surface area contributed by atoms with Gasteiger partial charge in [-0.15, -0.1) is 0 Å². The maximum atomic E-state index is 12.1. The Kier molecular flexibility index (Phi) is 5.76. The molecule has 0 saturated carbocycles.